The molecule has 4 heteroatoms. The molecule has 0 aromatic heterocycles. The molecule has 1 aromatic rings. The van der Waals surface area contributed by atoms with E-state index in [4.69, 9.17) is 4.74 Å². The van der Waals surface area contributed by atoms with Gasteiger partial charge in [-0.2, -0.15) is 0 Å². The largest absolute Gasteiger partial charge is 0.482 e. The molecule has 1 heterocycles. The third kappa shape index (κ3) is 2.30. The summed E-state index contributed by atoms with van der Waals surface area (Å²) in [5.74, 6) is 0.625. The lowest BCUT2D eigenvalue weighted by atomic mass is 10.1. The topological polar surface area (TPSA) is 46.6 Å². The summed E-state index contributed by atoms with van der Waals surface area (Å²) in [5.41, 5.74) is 1.27. The van der Waals surface area contributed by atoms with Crippen LogP contribution in [0.3, 0.4) is 0 Å². The molecule has 0 aliphatic carbocycles. The van der Waals surface area contributed by atoms with Crippen molar-refractivity contribution in [3.63, 3.8) is 0 Å². The second-order valence-corrected chi connectivity index (χ2v) is 4.03. The molecule has 17 heavy (non-hydrogen) atoms. The van der Waals surface area contributed by atoms with Crippen molar-refractivity contribution in [2.24, 2.45) is 0 Å². The summed E-state index contributed by atoms with van der Waals surface area (Å²) in [4.78, 5) is 24.2. The van der Waals surface area contributed by atoms with Crippen molar-refractivity contribution in [2.75, 3.05) is 18.1 Å². The molecule has 0 fully saturated rings. The van der Waals surface area contributed by atoms with Crippen LogP contribution in [0.1, 0.15) is 30.1 Å². The number of benzene rings is 1. The van der Waals surface area contributed by atoms with Crippen LogP contribution in [-0.2, 0) is 4.79 Å². The van der Waals surface area contributed by atoms with Crippen molar-refractivity contribution >= 4 is 17.9 Å². The number of ether oxygens (including phenoxy) is 1. The lowest BCUT2D eigenvalue weighted by molar-refractivity contribution is -0.121. The van der Waals surface area contributed by atoms with Crippen molar-refractivity contribution in [3.05, 3.63) is 23.8 Å². The zero-order valence-electron chi connectivity index (χ0n) is 9.81. The maximum absolute atomic E-state index is 11.8. The van der Waals surface area contributed by atoms with Gasteiger partial charge in [0.05, 0.1) is 5.69 Å². The molecule has 0 saturated carbocycles. The average Bonchev–Trinajstić information content (AvgIpc) is 2.37. The molecule has 1 aromatic carbocycles. The number of hydrogen-bond acceptors (Lipinski definition) is 3. The number of amides is 1. The molecule has 0 saturated heterocycles. The fraction of sp³-hybridized carbons (Fsp3) is 0.385. The molecule has 4 nitrogen and oxygen atoms in total. The zero-order valence-corrected chi connectivity index (χ0v) is 9.81. The highest BCUT2D eigenvalue weighted by molar-refractivity contribution is 5.98. The number of nitrogens with zero attached hydrogens (tertiary/aromatic N) is 1. The molecule has 2 rings (SSSR count). The lowest BCUT2D eigenvalue weighted by Gasteiger charge is -2.29. The highest BCUT2D eigenvalue weighted by atomic mass is 16.5. The molecule has 1 aliphatic rings. The summed E-state index contributed by atoms with van der Waals surface area (Å²) in [6, 6.07) is 5.14. The Morgan fingerprint density at radius 3 is 3.00 bits per heavy atom. The Labute approximate surface area is 100 Å². The Morgan fingerprint density at radius 1 is 1.47 bits per heavy atom. The summed E-state index contributed by atoms with van der Waals surface area (Å²) < 4.78 is 5.34. The summed E-state index contributed by atoms with van der Waals surface area (Å²) in [6.07, 6.45) is 2.74. The first-order chi connectivity index (χ1) is 8.26. The molecule has 0 N–H and O–H groups in total. The number of fused-ring (bicyclic) bond motifs is 1. The molecule has 1 aliphatic heterocycles. The second kappa shape index (κ2) is 4.99. The van der Waals surface area contributed by atoms with Gasteiger partial charge >= 0.3 is 0 Å². The molecule has 0 spiro atoms. The predicted molar refractivity (Wildman–Crippen MR) is 64.6 cm³/mol. The number of aldehydes is 1. The molecular weight excluding hydrogens is 218 g/mol. The highest BCUT2D eigenvalue weighted by Gasteiger charge is 2.24. The van der Waals surface area contributed by atoms with E-state index in [0.29, 0.717) is 23.5 Å². The van der Waals surface area contributed by atoms with Crippen molar-refractivity contribution in [1.29, 1.82) is 0 Å². The quantitative estimate of drug-likeness (QED) is 0.747. The SMILES string of the molecule is CCCCN1C(=O)COc2ccc(C=O)cc21. The van der Waals surface area contributed by atoms with Gasteiger partial charge in [-0.3, -0.25) is 9.59 Å². The minimum Gasteiger partial charge on any atom is -0.482 e. The minimum atomic E-state index is -0.0472. The van der Waals surface area contributed by atoms with E-state index < -0.39 is 0 Å². The maximum atomic E-state index is 11.8. The van der Waals surface area contributed by atoms with E-state index in [-0.39, 0.29) is 12.5 Å². The van der Waals surface area contributed by atoms with Crippen LogP contribution in [0, 0.1) is 0 Å². The number of carbonyl (C=O) groups excluding carboxylic acids is 2. The summed E-state index contributed by atoms with van der Waals surface area (Å²) >= 11 is 0. The Kier molecular flexibility index (Phi) is 3.42. The summed E-state index contributed by atoms with van der Waals surface area (Å²) in [5, 5.41) is 0. The van der Waals surface area contributed by atoms with Crippen LogP contribution < -0.4 is 9.64 Å². The predicted octanol–water partition coefficient (Wildman–Crippen LogP) is 2.02. The van der Waals surface area contributed by atoms with Gasteiger partial charge in [0.15, 0.2) is 6.61 Å². The van der Waals surface area contributed by atoms with E-state index in [2.05, 4.69) is 6.92 Å². The van der Waals surface area contributed by atoms with Crippen molar-refractivity contribution in [2.45, 2.75) is 19.8 Å². The number of hydrogen-bond donors (Lipinski definition) is 0. The maximum Gasteiger partial charge on any atom is 0.265 e. The average molecular weight is 233 g/mol. The third-order valence-electron chi connectivity index (χ3n) is 2.80. The first-order valence-electron chi connectivity index (χ1n) is 5.78. The van der Waals surface area contributed by atoms with Crippen LogP contribution in [0.4, 0.5) is 5.69 Å². The second-order valence-electron chi connectivity index (χ2n) is 4.03. The minimum absolute atomic E-state index is 0.0472. The normalized spacial score (nSPS) is 14.2. The van der Waals surface area contributed by atoms with Crippen LogP contribution in [0.15, 0.2) is 18.2 Å². The summed E-state index contributed by atoms with van der Waals surface area (Å²) in [7, 11) is 0. The fourth-order valence-electron chi connectivity index (χ4n) is 1.85. The summed E-state index contributed by atoms with van der Waals surface area (Å²) in [6.45, 7) is 2.83. The van der Waals surface area contributed by atoms with Crippen LogP contribution in [0.5, 0.6) is 5.75 Å². The van der Waals surface area contributed by atoms with Gasteiger partial charge in [0.25, 0.3) is 5.91 Å². The third-order valence-corrected chi connectivity index (χ3v) is 2.80. The first kappa shape index (κ1) is 11.6. The molecule has 0 bridgehead atoms. The van der Waals surface area contributed by atoms with Crippen LogP contribution in [0.2, 0.25) is 0 Å². The van der Waals surface area contributed by atoms with Crippen LogP contribution in [-0.4, -0.2) is 25.3 Å². The number of anilines is 1. The van der Waals surface area contributed by atoms with E-state index in [9.17, 15) is 9.59 Å². The number of unbranched alkanes of at least 4 members (excludes halogenated alkanes) is 1. The molecule has 90 valence electrons. The van der Waals surface area contributed by atoms with Gasteiger partial charge in [-0.15, -0.1) is 0 Å². The zero-order chi connectivity index (χ0) is 12.3. The number of rotatable bonds is 4. The van der Waals surface area contributed by atoms with E-state index in [1.165, 1.54) is 0 Å². The molecular formula is C13H15NO3. The van der Waals surface area contributed by atoms with Crippen molar-refractivity contribution < 1.29 is 14.3 Å². The molecule has 1 amide bonds. The highest BCUT2D eigenvalue weighted by Crippen LogP contribution is 2.32. The lowest BCUT2D eigenvalue weighted by Crippen LogP contribution is -2.39. The fourth-order valence-corrected chi connectivity index (χ4v) is 1.85. The van der Waals surface area contributed by atoms with Crippen molar-refractivity contribution in [1.82, 2.24) is 0 Å². The van der Waals surface area contributed by atoms with Gasteiger partial charge < -0.3 is 9.64 Å². The Bertz CT molecular complexity index is 442. The molecule has 0 atom stereocenters. The molecule has 0 unspecified atom stereocenters. The Morgan fingerprint density at radius 2 is 2.29 bits per heavy atom. The molecule has 0 radical (unpaired) electrons. The Hall–Kier alpha value is -1.84. The standard InChI is InChI=1S/C13H15NO3/c1-2-3-6-14-11-7-10(8-15)4-5-12(11)17-9-13(14)16/h4-5,7-8H,2-3,6,9H2,1H3. The van der Waals surface area contributed by atoms with Gasteiger partial charge in [0, 0.05) is 12.1 Å². The van der Waals surface area contributed by atoms with Gasteiger partial charge in [-0.05, 0) is 24.6 Å². The van der Waals surface area contributed by atoms with Gasteiger partial charge in [-0.25, -0.2) is 0 Å². The van der Waals surface area contributed by atoms with E-state index in [1.54, 1.807) is 23.1 Å². The van der Waals surface area contributed by atoms with E-state index in [0.717, 1.165) is 19.1 Å². The van der Waals surface area contributed by atoms with Gasteiger partial charge in [-0.1, -0.05) is 13.3 Å². The van der Waals surface area contributed by atoms with Gasteiger partial charge in [0.2, 0.25) is 0 Å². The monoisotopic (exact) mass is 233 g/mol. The number of carbonyl (C=O) groups is 2. The van der Waals surface area contributed by atoms with Gasteiger partial charge in [0.1, 0.15) is 12.0 Å². The van der Waals surface area contributed by atoms with E-state index in [1.807, 2.05) is 0 Å². The smallest absolute Gasteiger partial charge is 0.265 e. The Balaban J connectivity index is 2.34. The van der Waals surface area contributed by atoms with Crippen molar-refractivity contribution in [3.8, 4) is 5.75 Å². The van der Waals surface area contributed by atoms with Crippen LogP contribution >= 0.6 is 0 Å². The van der Waals surface area contributed by atoms with E-state index >= 15 is 0 Å². The van der Waals surface area contributed by atoms with Crippen LogP contribution in [0.25, 0.3) is 0 Å². The first-order valence-corrected chi connectivity index (χ1v) is 5.78.